The van der Waals surface area contributed by atoms with Crippen LogP contribution < -0.4 is 4.74 Å². The van der Waals surface area contributed by atoms with Crippen molar-refractivity contribution >= 4 is 32.2 Å². The second-order valence-corrected chi connectivity index (χ2v) is 11.4. The molecule has 1 aromatic carbocycles. The van der Waals surface area contributed by atoms with Gasteiger partial charge in [-0.1, -0.05) is 0 Å². The number of aryl methyl sites for hydroxylation is 1. The quantitative estimate of drug-likeness (QED) is 0.382. The Morgan fingerprint density at radius 2 is 2.00 bits per heavy atom. The van der Waals surface area contributed by atoms with Crippen molar-refractivity contribution in [2.75, 3.05) is 38.2 Å². The van der Waals surface area contributed by atoms with Gasteiger partial charge in [0.05, 0.1) is 29.8 Å². The number of pyridine rings is 1. The molecule has 0 amide bonds. The lowest BCUT2D eigenvalue weighted by Gasteiger charge is -2.26. The van der Waals surface area contributed by atoms with Crippen LogP contribution in [0.2, 0.25) is 0 Å². The molecular formula is C24H25FN4O3S2. The largest absolute Gasteiger partial charge is 0.494 e. The fraction of sp³-hybridized carbons (Fsp3) is 0.333. The van der Waals surface area contributed by atoms with Crippen LogP contribution in [-0.2, 0) is 16.3 Å². The van der Waals surface area contributed by atoms with Gasteiger partial charge in [-0.25, -0.2) is 22.8 Å². The standard InChI is InChI=1S/C24H25FN4O3S2/c1-32-22-7-4-17(13-20(22)25)21-6-5-19-18(3-2-8-28-9-11-34(30,31)12-10-28)14-29(24(19)27-21)23-15-33-16-26-23/h4-7,13-16H,2-3,8-12H2,1H3. The Hall–Kier alpha value is -2.82. The summed E-state index contributed by atoms with van der Waals surface area (Å²) < 4.78 is 44.6. The molecule has 4 heterocycles. The zero-order valence-electron chi connectivity index (χ0n) is 18.8. The number of methoxy groups -OCH3 is 1. The smallest absolute Gasteiger partial charge is 0.165 e. The van der Waals surface area contributed by atoms with Crippen LogP contribution in [0.5, 0.6) is 5.75 Å². The molecule has 1 saturated heterocycles. The van der Waals surface area contributed by atoms with Gasteiger partial charge in [0.1, 0.15) is 11.5 Å². The molecule has 178 valence electrons. The molecule has 0 saturated carbocycles. The molecule has 0 radical (unpaired) electrons. The molecular weight excluding hydrogens is 475 g/mol. The Balaban J connectivity index is 1.42. The monoisotopic (exact) mass is 500 g/mol. The average molecular weight is 501 g/mol. The maximum absolute atomic E-state index is 14.3. The number of sulfone groups is 1. The van der Waals surface area contributed by atoms with Gasteiger partial charge in [0.25, 0.3) is 0 Å². The normalized spacial score (nSPS) is 16.2. The predicted molar refractivity (Wildman–Crippen MR) is 132 cm³/mol. The molecule has 10 heteroatoms. The van der Waals surface area contributed by atoms with Crippen LogP contribution in [0, 0.1) is 5.82 Å². The lowest BCUT2D eigenvalue weighted by molar-refractivity contribution is 0.292. The SMILES string of the molecule is COc1ccc(-c2ccc3c(CCCN4CCS(=O)(=O)CC4)cn(-c4cscn4)c3n2)cc1F. The number of hydrogen-bond acceptors (Lipinski definition) is 7. The topological polar surface area (TPSA) is 77.3 Å². The van der Waals surface area contributed by atoms with Crippen LogP contribution in [0.15, 0.2) is 47.4 Å². The highest BCUT2D eigenvalue weighted by molar-refractivity contribution is 7.91. The molecule has 0 bridgehead atoms. The highest BCUT2D eigenvalue weighted by atomic mass is 32.2. The van der Waals surface area contributed by atoms with E-state index in [4.69, 9.17) is 9.72 Å². The van der Waals surface area contributed by atoms with E-state index in [1.54, 1.807) is 17.6 Å². The summed E-state index contributed by atoms with van der Waals surface area (Å²) in [6, 6.07) is 8.78. The van der Waals surface area contributed by atoms with Gasteiger partial charge in [-0.3, -0.25) is 4.57 Å². The maximum Gasteiger partial charge on any atom is 0.165 e. The van der Waals surface area contributed by atoms with E-state index >= 15 is 0 Å². The van der Waals surface area contributed by atoms with Crippen molar-refractivity contribution in [3.05, 3.63) is 58.8 Å². The van der Waals surface area contributed by atoms with E-state index in [-0.39, 0.29) is 17.3 Å². The van der Waals surface area contributed by atoms with Gasteiger partial charge >= 0.3 is 0 Å². The first kappa shape index (κ1) is 22.9. The van der Waals surface area contributed by atoms with Crippen LogP contribution in [0.3, 0.4) is 0 Å². The average Bonchev–Trinajstić information content (AvgIpc) is 3.48. The number of aromatic nitrogens is 3. The zero-order chi connectivity index (χ0) is 23.7. The van der Waals surface area contributed by atoms with E-state index in [0.29, 0.717) is 24.3 Å². The molecule has 4 aromatic rings. The Labute approximate surface area is 201 Å². The van der Waals surface area contributed by atoms with Crippen LogP contribution in [0.4, 0.5) is 4.39 Å². The minimum Gasteiger partial charge on any atom is -0.494 e. The summed E-state index contributed by atoms with van der Waals surface area (Å²) in [7, 11) is -1.42. The lowest BCUT2D eigenvalue weighted by atomic mass is 10.1. The molecule has 0 aliphatic carbocycles. The summed E-state index contributed by atoms with van der Waals surface area (Å²) in [5, 5.41) is 3.01. The van der Waals surface area contributed by atoms with Crippen molar-refractivity contribution in [3.63, 3.8) is 0 Å². The molecule has 5 rings (SSSR count). The summed E-state index contributed by atoms with van der Waals surface area (Å²) in [5.41, 5.74) is 5.07. The molecule has 1 aliphatic rings. The van der Waals surface area contributed by atoms with Crippen molar-refractivity contribution in [1.29, 1.82) is 0 Å². The number of thiazole rings is 1. The Kier molecular flexibility index (Phi) is 6.37. The molecule has 34 heavy (non-hydrogen) atoms. The lowest BCUT2D eigenvalue weighted by Crippen LogP contribution is -2.40. The molecule has 0 unspecified atom stereocenters. The molecule has 0 N–H and O–H groups in total. The summed E-state index contributed by atoms with van der Waals surface area (Å²) >= 11 is 1.52. The van der Waals surface area contributed by atoms with E-state index in [9.17, 15) is 12.8 Å². The van der Waals surface area contributed by atoms with Crippen molar-refractivity contribution in [1.82, 2.24) is 19.4 Å². The number of halogens is 1. The summed E-state index contributed by atoms with van der Waals surface area (Å²) in [5.74, 6) is 1.06. The van der Waals surface area contributed by atoms with Crippen LogP contribution in [0.1, 0.15) is 12.0 Å². The molecule has 0 spiro atoms. The second-order valence-electron chi connectivity index (χ2n) is 8.38. The second kappa shape index (κ2) is 9.44. The Bertz CT molecular complexity index is 1400. The minimum atomic E-state index is -2.87. The van der Waals surface area contributed by atoms with E-state index < -0.39 is 15.7 Å². The van der Waals surface area contributed by atoms with Crippen molar-refractivity contribution < 1.29 is 17.5 Å². The number of rotatable bonds is 7. The fourth-order valence-electron chi connectivity index (χ4n) is 4.32. The van der Waals surface area contributed by atoms with Crippen molar-refractivity contribution in [2.24, 2.45) is 0 Å². The third kappa shape index (κ3) is 4.70. The fourth-order valence-corrected chi connectivity index (χ4v) is 6.12. The van der Waals surface area contributed by atoms with Gasteiger partial charge in [0.15, 0.2) is 21.4 Å². The minimum absolute atomic E-state index is 0.198. The Morgan fingerprint density at radius 1 is 1.18 bits per heavy atom. The van der Waals surface area contributed by atoms with Crippen LogP contribution in [-0.4, -0.2) is 66.1 Å². The summed E-state index contributed by atoms with van der Waals surface area (Å²) in [4.78, 5) is 11.5. The van der Waals surface area contributed by atoms with Gasteiger partial charge in [-0.2, -0.15) is 0 Å². The predicted octanol–water partition coefficient (Wildman–Crippen LogP) is 3.96. The van der Waals surface area contributed by atoms with Gasteiger partial charge in [-0.05, 0) is 55.3 Å². The molecule has 3 aromatic heterocycles. The first-order valence-electron chi connectivity index (χ1n) is 11.1. The van der Waals surface area contributed by atoms with E-state index in [1.807, 2.05) is 22.1 Å². The zero-order valence-corrected chi connectivity index (χ0v) is 20.4. The van der Waals surface area contributed by atoms with E-state index in [1.165, 1.54) is 24.5 Å². The highest BCUT2D eigenvalue weighted by Gasteiger charge is 2.21. The maximum atomic E-state index is 14.3. The summed E-state index contributed by atoms with van der Waals surface area (Å²) in [6.45, 7) is 2.06. The highest BCUT2D eigenvalue weighted by Crippen LogP contribution is 2.30. The van der Waals surface area contributed by atoms with E-state index in [2.05, 4.69) is 16.1 Å². The van der Waals surface area contributed by atoms with Gasteiger partial charge in [0.2, 0.25) is 0 Å². The number of hydrogen-bond donors (Lipinski definition) is 0. The number of fused-ring (bicyclic) bond motifs is 1. The van der Waals surface area contributed by atoms with Gasteiger partial charge in [-0.15, -0.1) is 11.3 Å². The van der Waals surface area contributed by atoms with Gasteiger partial charge in [0, 0.05) is 35.6 Å². The number of ether oxygens (including phenoxy) is 1. The van der Waals surface area contributed by atoms with Gasteiger partial charge < -0.3 is 9.64 Å². The Morgan fingerprint density at radius 3 is 2.71 bits per heavy atom. The van der Waals surface area contributed by atoms with Crippen molar-refractivity contribution in [3.8, 4) is 22.8 Å². The molecule has 7 nitrogen and oxygen atoms in total. The third-order valence-electron chi connectivity index (χ3n) is 6.21. The summed E-state index contributed by atoms with van der Waals surface area (Å²) in [6.07, 6.45) is 3.84. The van der Waals surface area contributed by atoms with Crippen LogP contribution >= 0.6 is 11.3 Å². The van der Waals surface area contributed by atoms with E-state index in [0.717, 1.165) is 41.8 Å². The first-order valence-corrected chi connectivity index (χ1v) is 13.9. The number of benzene rings is 1. The molecule has 0 atom stereocenters. The molecule has 1 aliphatic heterocycles. The first-order chi connectivity index (χ1) is 16.4. The van der Waals surface area contributed by atoms with Crippen LogP contribution in [0.25, 0.3) is 28.1 Å². The third-order valence-corrected chi connectivity index (χ3v) is 8.39. The molecule has 1 fully saturated rings. The number of nitrogens with zero attached hydrogens (tertiary/aromatic N) is 4. The van der Waals surface area contributed by atoms with Crippen molar-refractivity contribution in [2.45, 2.75) is 12.8 Å².